The molecule has 0 bridgehead atoms. The van der Waals surface area contributed by atoms with Gasteiger partial charge < -0.3 is 26.0 Å². The molecule has 0 saturated carbocycles. The minimum atomic E-state index is -0.209. The summed E-state index contributed by atoms with van der Waals surface area (Å²) < 4.78 is 15.5. The van der Waals surface area contributed by atoms with E-state index in [-0.39, 0.29) is 48.5 Å². The van der Waals surface area contributed by atoms with Crippen molar-refractivity contribution in [1.82, 2.24) is 14.5 Å². The molecule has 1 aliphatic heterocycles. The Labute approximate surface area is 207 Å². The minimum absolute atomic E-state index is 0. The Kier molecular flexibility index (Phi) is 13.8. The van der Waals surface area contributed by atoms with Crippen LogP contribution in [0.15, 0.2) is 48.5 Å². The number of likely N-dealkylation sites (tertiary alicyclic amines) is 1. The maximum absolute atomic E-state index is 13.3. The second kappa shape index (κ2) is 14.5. The van der Waals surface area contributed by atoms with Crippen LogP contribution in [-0.2, 0) is 6.54 Å². The molecule has 0 atom stereocenters. The first-order chi connectivity index (χ1) is 13.7. The van der Waals surface area contributed by atoms with Gasteiger partial charge in [0.2, 0.25) is 5.95 Å². The Hall–Kier alpha value is -1.61. The highest BCUT2D eigenvalue weighted by molar-refractivity contribution is 5.86. The summed E-state index contributed by atoms with van der Waals surface area (Å²) in [6.45, 7) is 4.70. The molecular weight excluding hydrogens is 476 g/mol. The van der Waals surface area contributed by atoms with Crippen molar-refractivity contribution in [3.8, 4) is 0 Å². The van der Waals surface area contributed by atoms with Gasteiger partial charge in [-0.25, -0.2) is 9.37 Å². The number of hydrogen-bond donors (Lipinski definition) is 2. The summed E-state index contributed by atoms with van der Waals surface area (Å²) in [5, 5.41) is 3.67. The van der Waals surface area contributed by atoms with Crippen LogP contribution in [0.25, 0.3) is 11.0 Å². The summed E-state index contributed by atoms with van der Waals surface area (Å²) in [7, 11) is 0. The molecule has 5 N–H and O–H groups in total. The predicted octanol–water partition coefficient (Wildman–Crippen LogP) is 3.89. The number of para-hydroxylation sites is 2. The molecule has 1 aromatic heterocycles. The molecule has 0 radical (unpaired) electrons. The van der Waals surface area contributed by atoms with E-state index in [4.69, 9.17) is 10.7 Å². The zero-order chi connectivity index (χ0) is 19.3. The molecule has 32 heavy (non-hydrogen) atoms. The number of fused-ring (bicyclic) bond motifs is 1. The Bertz CT molecular complexity index is 918. The van der Waals surface area contributed by atoms with Crippen molar-refractivity contribution in [2.45, 2.75) is 31.8 Å². The molecule has 10 heteroatoms. The Morgan fingerprint density at radius 2 is 1.66 bits per heavy atom. The first-order valence-corrected chi connectivity index (χ1v) is 10.1. The van der Waals surface area contributed by atoms with E-state index in [1.165, 1.54) is 12.1 Å². The van der Waals surface area contributed by atoms with E-state index in [1.807, 2.05) is 30.3 Å². The van der Waals surface area contributed by atoms with Crippen molar-refractivity contribution >= 4 is 54.2 Å². The second-order valence-corrected chi connectivity index (χ2v) is 7.54. The van der Waals surface area contributed by atoms with Crippen molar-refractivity contribution in [3.05, 3.63) is 59.9 Å². The van der Waals surface area contributed by atoms with E-state index in [1.54, 1.807) is 0 Å². The molecule has 180 valence electrons. The largest absolute Gasteiger partial charge is 0.412 e. The fraction of sp³-hybridized carbons (Fsp3) is 0.409. The Balaban J connectivity index is 0.00000240. The number of hydrogen-bond acceptors (Lipinski definition) is 4. The number of nitrogens with two attached hydrogens (primary N) is 1. The van der Waals surface area contributed by atoms with E-state index in [0.717, 1.165) is 68.0 Å². The van der Waals surface area contributed by atoms with Gasteiger partial charge in [-0.15, -0.1) is 37.2 Å². The van der Waals surface area contributed by atoms with Gasteiger partial charge in [-0.2, -0.15) is 0 Å². The van der Waals surface area contributed by atoms with Gasteiger partial charge in [0.1, 0.15) is 5.82 Å². The van der Waals surface area contributed by atoms with Crippen LogP contribution in [0, 0.1) is 5.82 Å². The quantitative estimate of drug-likeness (QED) is 0.506. The summed E-state index contributed by atoms with van der Waals surface area (Å²) in [6.07, 6.45) is 3.26. The fourth-order valence-corrected chi connectivity index (χ4v) is 3.92. The summed E-state index contributed by atoms with van der Waals surface area (Å²) in [5.41, 5.74) is 8.76. The van der Waals surface area contributed by atoms with Crippen molar-refractivity contribution in [3.63, 3.8) is 0 Å². The van der Waals surface area contributed by atoms with Gasteiger partial charge in [0.25, 0.3) is 0 Å². The second-order valence-electron chi connectivity index (χ2n) is 7.54. The van der Waals surface area contributed by atoms with Crippen LogP contribution < -0.4 is 11.1 Å². The van der Waals surface area contributed by atoms with Gasteiger partial charge in [-0.1, -0.05) is 24.3 Å². The zero-order valence-electron chi connectivity index (χ0n) is 17.9. The zero-order valence-corrected chi connectivity index (χ0v) is 20.3. The number of benzene rings is 2. The Morgan fingerprint density at radius 3 is 2.31 bits per heavy atom. The van der Waals surface area contributed by atoms with Gasteiger partial charge in [-0.3, -0.25) is 0 Å². The minimum Gasteiger partial charge on any atom is -0.412 e. The molecule has 0 aliphatic carbocycles. The number of rotatable bonds is 7. The average Bonchev–Trinajstić information content (AvgIpc) is 3.06. The van der Waals surface area contributed by atoms with E-state index >= 15 is 0 Å². The van der Waals surface area contributed by atoms with Crippen LogP contribution >= 0.6 is 37.2 Å². The third kappa shape index (κ3) is 7.47. The molecule has 1 saturated heterocycles. The van der Waals surface area contributed by atoms with Gasteiger partial charge in [0.05, 0.1) is 17.6 Å². The number of nitrogens with zero attached hydrogens (tertiary/aromatic N) is 3. The van der Waals surface area contributed by atoms with Crippen molar-refractivity contribution in [2.75, 3.05) is 31.5 Å². The molecule has 0 spiro atoms. The topological polar surface area (TPSA) is 90.6 Å². The maximum Gasteiger partial charge on any atom is 0.204 e. The molecule has 2 aromatic carbocycles. The summed E-state index contributed by atoms with van der Waals surface area (Å²) in [6, 6.07) is 15.3. The van der Waals surface area contributed by atoms with Crippen molar-refractivity contribution in [2.24, 2.45) is 5.73 Å². The van der Waals surface area contributed by atoms with Gasteiger partial charge in [-0.05, 0) is 62.2 Å². The van der Waals surface area contributed by atoms with Crippen molar-refractivity contribution < 1.29 is 9.87 Å². The summed E-state index contributed by atoms with van der Waals surface area (Å²) in [5.74, 6) is 0.685. The molecule has 3 aromatic rings. The van der Waals surface area contributed by atoms with E-state index in [9.17, 15) is 4.39 Å². The third-order valence-corrected chi connectivity index (χ3v) is 5.51. The first-order valence-electron chi connectivity index (χ1n) is 10.1. The highest BCUT2D eigenvalue weighted by Gasteiger charge is 2.21. The number of halogens is 4. The molecule has 2 heterocycles. The summed E-state index contributed by atoms with van der Waals surface area (Å²) in [4.78, 5) is 7.33. The third-order valence-electron chi connectivity index (χ3n) is 5.51. The molecule has 6 nitrogen and oxygen atoms in total. The first kappa shape index (κ1) is 30.4. The lowest BCUT2D eigenvalue weighted by molar-refractivity contribution is 0.217. The molecule has 1 aliphatic rings. The number of aromatic nitrogens is 2. The number of nitrogens with one attached hydrogen (secondary N) is 1. The van der Waals surface area contributed by atoms with Crippen LogP contribution in [0.4, 0.5) is 10.3 Å². The smallest absolute Gasteiger partial charge is 0.204 e. The predicted molar refractivity (Wildman–Crippen MR) is 137 cm³/mol. The molecule has 1 fully saturated rings. The molecule has 4 rings (SSSR count). The van der Waals surface area contributed by atoms with E-state index < -0.39 is 0 Å². The number of anilines is 1. The Morgan fingerprint density at radius 1 is 1.00 bits per heavy atom. The fourth-order valence-electron chi connectivity index (χ4n) is 3.92. The van der Waals surface area contributed by atoms with Crippen LogP contribution in [0.5, 0.6) is 0 Å². The normalized spacial score (nSPS) is 13.9. The highest BCUT2D eigenvalue weighted by Crippen LogP contribution is 2.24. The van der Waals surface area contributed by atoms with E-state index in [2.05, 4.69) is 20.9 Å². The van der Waals surface area contributed by atoms with Crippen molar-refractivity contribution in [1.29, 1.82) is 0 Å². The van der Waals surface area contributed by atoms with Crippen LogP contribution in [0.3, 0.4) is 0 Å². The lowest BCUT2D eigenvalue weighted by atomic mass is 10.1. The molecule has 0 unspecified atom stereocenters. The number of piperidine rings is 1. The monoisotopic (exact) mass is 507 g/mol. The van der Waals surface area contributed by atoms with Crippen LogP contribution in [0.2, 0.25) is 0 Å². The molecular formula is C22H33Cl3FN5O. The number of imidazole rings is 1. The van der Waals surface area contributed by atoms with Gasteiger partial charge in [0.15, 0.2) is 0 Å². The highest BCUT2D eigenvalue weighted by atomic mass is 35.5. The standard InChI is InChI=1S/C22H28FN5.3ClH.H2O/c23-18-8-6-17(7-9-18)16-28-21-5-2-1-4-20(21)26-22(28)25-19-10-14-27(15-11-19)13-3-12-24;;;;/h1-2,4-9,19H,3,10-16,24H2,(H,25,26);3*1H;1H2. The van der Waals surface area contributed by atoms with Gasteiger partial charge >= 0.3 is 0 Å². The van der Waals surface area contributed by atoms with Crippen LogP contribution in [-0.4, -0.2) is 52.1 Å². The van der Waals surface area contributed by atoms with E-state index in [0.29, 0.717) is 12.6 Å². The lowest BCUT2D eigenvalue weighted by Gasteiger charge is -2.32. The average molecular weight is 509 g/mol. The lowest BCUT2D eigenvalue weighted by Crippen LogP contribution is -2.40. The van der Waals surface area contributed by atoms with Gasteiger partial charge in [0, 0.05) is 19.1 Å². The van der Waals surface area contributed by atoms with Crippen LogP contribution in [0.1, 0.15) is 24.8 Å². The summed E-state index contributed by atoms with van der Waals surface area (Å²) >= 11 is 0. The molecule has 0 amide bonds. The SMILES string of the molecule is Cl.Cl.Cl.NCCCN1CCC(Nc2nc3ccccc3n2Cc2ccc(F)cc2)CC1.O. The maximum atomic E-state index is 13.3.